The Hall–Kier alpha value is -1.90. The predicted octanol–water partition coefficient (Wildman–Crippen LogP) is 0.998. The topological polar surface area (TPSA) is 56.6 Å². The second-order valence-corrected chi connectivity index (χ2v) is 5.20. The maximum absolute atomic E-state index is 12.5. The molecule has 20 heavy (non-hydrogen) atoms. The Kier molecular flexibility index (Phi) is 3.68. The second-order valence-electron chi connectivity index (χ2n) is 5.20. The van der Waals surface area contributed by atoms with Crippen molar-refractivity contribution >= 4 is 5.91 Å². The Labute approximate surface area is 118 Å². The molecule has 0 atom stereocenters. The second kappa shape index (κ2) is 5.61. The minimum Gasteiger partial charge on any atom is -0.372 e. The number of benzene rings is 1. The molecule has 0 bridgehead atoms. The molecule has 1 fully saturated rings. The van der Waals surface area contributed by atoms with Gasteiger partial charge in [-0.1, -0.05) is 6.07 Å². The quantitative estimate of drug-likeness (QED) is 0.753. The molecule has 1 saturated heterocycles. The Balaban J connectivity index is 1.66. The van der Waals surface area contributed by atoms with E-state index in [0.717, 1.165) is 24.2 Å². The van der Waals surface area contributed by atoms with Crippen LogP contribution < -0.4 is 0 Å². The van der Waals surface area contributed by atoms with Crippen molar-refractivity contribution in [2.75, 3.05) is 32.7 Å². The molecule has 0 N–H and O–H groups in total. The van der Waals surface area contributed by atoms with E-state index >= 15 is 0 Å². The molecule has 2 heterocycles. The first-order chi connectivity index (χ1) is 9.78. The van der Waals surface area contributed by atoms with Crippen LogP contribution in [0.2, 0.25) is 0 Å². The fourth-order valence-electron chi connectivity index (χ4n) is 2.70. The van der Waals surface area contributed by atoms with Gasteiger partial charge in [0.2, 0.25) is 0 Å². The molecule has 0 spiro atoms. The standard InChI is InChI=1S/C15H17N3O2/c16-3-4-17-5-7-18(8-6-17)15(19)12-1-2-13-10-20-11-14(13)9-12/h1-2,9H,4-8,10-11H2. The number of rotatable bonds is 2. The summed E-state index contributed by atoms with van der Waals surface area (Å²) in [4.78, 5) is 16.4. The average Bonchev–Trinajstić information content (AvgIpc) is 2.95. The molecule has 0 aliphatic carbocycles. The van der Waals surface area contributed by atoms with E-state index in [0.29, 0.717) is 32.8 Å². The van der Waals surface area contributed by atoms with Crippen LogP contribution in [0.3, 0.4) is 0 Å². The molecular formula is C15H17N3O2. The monoisotopic (exact) mass is 271 g/mol. The summed E-state index contributed by atoms with van der Waals surface area (Å²) in [5.74, 6) is 0.0799. The van der Waals surface area contributed by atoms with Crippen LogP contribution in [0, 0.1) is 11.3 Å². The molecule has 0 unspecified atom stereocenters. The highest BCUT2D eigenvalue weighted by Crippen LogP contribution is 2.21. The summed E-state index contributed by atoms with van der Waals surface area (Å²) in [6.07, 6.45) is 0. The van der Waals surface area contributed by atoms with Crippen LogP contribution in [-0.4, -0.2) is 48.4 Å². The molecule has 2 aliphatic heterocycles. The van der Waals surface area contributed by atoms with Gasteiger partial charge in [-0.15, -0.1) is 0 Å². The minimum atomic E-state index is 0.0799. The molecule has 2 aliphatic rings. The van der Waals surface area contributed by atoms with E-state index in [9.17, 15) is 4.79 Å². The maximum Gasteiger partial charge on any atom is 0.253 e. The Bertz CT molecular complexity index is 557. The zero-order chi connectivity index (χ0) is 13.9. The lowest BCUT2D eigenvalue weighted by Gasteiger charge is -2.33. The minimum absolute atomic E-state index is 0.0799. The zero-order valence-electron chi connectivity index (χ0n) is 11.3. The van der Waals surface area contributed by atoms with E-state index in [1.807, 2.05) is 23.1 Å². The first kappa shape index (κ1) is 13.1. The zero-order valence-corrected chi connectivity index (χ0v) is 11.3. The Morgan fingerprint density at radius 2 is 1.95 bits per heavy atom. The number of carbonyl (C=O) groups is 1. The molecule has 1 aromatic carbocycles. The number of carbonyl (C=O) groups excluding carboxylic acids is 1. The lowest BCUT2D eigenvalue weighted by atomic mass is 10.1. The van der Waals surface area contributed by atoms with Gasteiger partial charge in [0, 0.05) is 31.7 Å². The van der Waals surface area contributed by atoms with Crippen LogP contribution in [0.15, 0.2) is 18.2 Å². The lowest BCUT2D eigenvalue weighted by molar-refractivity contribution is 0.0651. The first-order valence-corrected chi connectivity index (χ1v) is 6.86. The van der Waals surface area contributed by atoms with E-state index < -0.39 is 0 Å². The van der Waals surface area contributed by atoms with Crippen LogP contribution in [0.1, 0.15) is 21.5 Å². The normalized spacial score (nSPS) is 18.6. The number of hydrogen-bond acceptors (Lipinski definition) is 4. The highest BCUT2D eigenvalue weighted by Gasteiger charge is 2.23. The third-order valence-electron chi connectivity index (χ3n) is 3.92. The van der Waals surface area contributed by atoms with Gasteiger partial charge in [0.25, 0.3) is 5.91 Å². The summed E-state index contributed by atoms with van der Waals surface area (Å²) in [6, 6.07) is 7.97. The predicted molar refractivity (Wildman–Crippen MR) is 72.9 cm³/mol. The summed E-state index contributed by atoms with van der Waals surface area (Å²) in [5, 5.41) is 8.68. The molecule has 0 radical (unpaired) electrons. The van der Waals surface area contributed by atoms with Crippen molar-refractivity contribution in [2.24, 2.45) is 0 Å². The number of nitrogens with zero attached hydrogens (tertiary/aromatic N) is 3. The molecular weight excluding hydrogens is 254 g/mol. The smallest absolute Gasteiger partial charge is 0.253 e. The highest BCUT2D eigenvalue weighted by molar-refractivity contribution is 5.94. The van der Waals surface area contributed by atoms with E-state index in [1.165, 1.54) is 5.56 Å². The molecule has 1 aromatic rings. The van der Waals surface area contributed by atoms with Crippen molar-refractivity contribution in [1.82, 2.24) is 9.80 Å². The van der Waals surface area contributed by atoms with Crippen molar-refractivity contribution in [3.05, 3.63) is 34.9 Å². The molecule has 3 rings (SSSR count). The van der Waals surface area contributed by atoms with E-state index in [1.54, 1.807) is 0 Å². The summed E-state index contributed by atoms with van der Waals surface area (Å²) in [6.45, 7) is 4.62. The number of nitriles is 1. The number of ether oxygens (including phenoxy) is 1. The van der Waals surface area contributed by atoms with Gasteiger partial charge in [-0.25, -0.2) is 0 Å². The van der Waals surface area contributed by atoms with Crippen molar-refractivity contribution in [3.63, 3.8) is 0 Å². The van der Waals surface area contributed by atoms with Crippen LogP contribution in [-0.2, 0) is 18.0 Å². The average molecular weight is 271 g/mol. The summed E-state index contributed by atoms with van der Waals surface area (Å²) >= 11 is 0. The first-order valence-electron chi connectivity index (χ1n) is 6.86. The molecule has 1 amide bonds. The molecule has 0 aromatic heterocycles. The number of piperazine rings is 1. The van der Waals surface area contributed by atoms with Crippen molar-refractivity contribution in [1.29, 1.82) is 5.26 Å². The fourth-order valence-corrected chi connectivity index (χ4v) is 2.70. The van der Waals surface area contributed by atoms with Crippen LogP contribution in [0.4, 0.5) is 0 Å². The number of fused-ring (bicyclic) bond motifs is 1. The summed E-state index contributed by atoms with van der Waals surface area (Å²) in [7, 11) is 0. The molecule has 0 saturated carbocycles. The van der Waals surface area contributed by atoms with Gasteiger partial charge < -0.3 is 9.64 Å². The van der Waals surface area contributed by atoms with Gasteiger partial charge in [0.05, 0.1) is 25.8 Å². The summed E-state index contributed by atoms with van der Waals surface area (Å²) in [5.41, 5.74) is 3.04. The van der Waals surface area contributed by atoms with Gasteiger partial charge in [-0.3, -0.25) is 9.69 Å². The Morgan fingerprint density at radius 3 is 2.70 bits per heavy atom. The molecule has 5 nitrogen and oxygen atoms in total. The third-order valence-corrected chi connectivity index (χ3v) is 3.92. The van der Waals surface area contributed by atoms with Gasteiger partial charge in [0.1, 0.15) is 0 Å². The number of hydrogen-bond donors (Lipinski definition) is 0. The maximum atomic E-state index is 12.5. The van der Waals surface area contributed by atoms with Gasteiger partial charge >= 0.3 is 0 Å². The number of amides is 1. The van der Waals surface area contributed by atoms with Crippen molar-refractivity contribution in [2.45, 2.75) is 13.2 Å². The lowest BCUT2D eigenvalue weighted by Crippen LogP contribution is -2.48. The van der Waals surface area contributed by atoms with Crippen molar-refractivity contribution in [3.8, 4) is 6.07 Å². The highest BCUT2D eigenvalue weighted by atomic mass is 16.5. The van der Waals surface area contributed by atoms with E-state index in [2.05, 4.69) is 11.0 Å². The SMILES string of the molecule is N#CCN1CCN(C(=O)c2ccc3c(c2)COC3)CC1. The van der Waals surface area contributed by atoms with E-state index in [4.69, 9.17) is 10.00 Å². The molecule has 104 valence electrons. The summed E-state index contributed by atoms with van der Waals surface area (Å²) < 4.78 is 5.37. The largest absolute Gasteiger partial charge is 0.372 e. The third kappa shape index (κ3) is 2.53. The van der Waals surface area contributed by atoms with Gasteiger partial charge in [-0.2, -0.15) is 5.26 Å². The fraction of sp³-hybridized carbons (Fsp3) is 0.467. The van der Waals surface area contributed by atoms with Crippen LogP contribution >= 0.6 is 0 Å². The molecule has 5 heteroatoms. The van der Waals surface area contributed by atoms with Crippen molar-refractivity contribution < 1.29 is 9.53 Å². The van der Waals surface area contributed by atoms with E-state index in [-0.39, 0.29) is 5.91 Å². The van der Waals surface area contributed by atoms with Gasteiger partial charge in [-0.05, 0) is 23.3 Å². The van der Waals surface area contributed by atoms with Gasteiger partial charge in [0.15, 0.2) is 0 Å². The Morgan fingerprint density at radius 1 is 1.20 bits per heavy atom. The van der Waals surface area contributed by atoms with Crippen LogP contribution in [0.25, 0.3) is 0 Å². The van der Waals surface area contributed by atoms with Crippen LogP contribution in [0.5, 0.6) is 0 Å².